The molecule has 0 amide bonds. The molecule has 2 heterocycles. The van der Waals surface area contributed by atoms with Gasteiger partial charge >= 0.3 is 0 Å². The largest absolute Gasteiger partial charge is 0.392 e. The molecular formula is C9H17NO2. The summed E-state index contributed by atoms with van der Waals surface area (Å²) in [5, 5.41) is 9.36. The fourth-order valence-electron chi connectivity index (χ4n) is 2.15. The van der Waals surface area contributed by atoms with Gasteiger partial charge in [0.1, 0.15) is 0 Å². The van der Waals surface area contributed by atoms with Crippen molar-refractivity contribution in [3.63, 3.8) is 0 Å². The van der Waals surface area contributed by atoms with Gasteiger partial charge in [0.25, 0.3) is 0 Å². The fourth-order valence-corrected chi connectivity index (χ4v) is 2.15. The zero-order chi connectivity index (χ0) is 8.39. The highest BCUT2D eigenvalue weighted by Gasteiger charge is 2.27. The lowest BCUT2D eigenvalue weighted by molar-refractivity contribution is 0.0377. The Morgan fingerprint density at radius 1 is 1.17 bits per heavy atom. The number of likely N-dealkylation sites (tertiary alicyclic amines) is 1. The minimum absolute atomic E-state index is 0.0761. The Morgan fingerprint density at radius 2 is 1.92 bits per heavy atom. The summed E-state index contributed by atoms with van der Waals surface area (Å²) in [6, 6.07) is 0.677. The molecule has 3 heteroatoms. The molecule has 12 heavy (non-hydrogen) atoms. The van der Waals surface area contributed by atoms with Crippen molar-refractivity contribution < 1.29 is 9.84 Å². The smallest absolute Gasteiger partial charge is 0.0679 e. The number of β-amino-alcohol motifs (C(OH)–C–C–N with tert-alkyl or cyclic N) is 1. The molecule has 2 aliphatic rings. The summed E-state index contributed by atoms with van der Waals surface area (Å²) in [4.78, 5) is 2.41. The van der Waals surface area contributed by atoms with Gasteiger partial charge in [-0.15, -0.1) is 0 Å². The van der Waals surface area contributed by atoms with Crippen LogP contribution in [0.25, 0.3) is 0 Å². The van der Waals surface area contributed by atoms with E-state index in [2.05, 4.69) is 4.90 Å². The van der Waals surface area contributed by atoms with Crippen molar-refractivity contribution in [2.24, 2.45) is 0 Å². The first-order valence-electron chi connectivity index (χ1n) is 4.86. The molecule has 1 N–H and O–H groups in total. The Hall–Kier alpha value is -0.120. The van der Waals surface area contributed by atoms with Gasteiger partial charge in [0.15, 0.2) is 0 Å². The third-order valence-corrected chi connectivity index (χ3v) is 2.90. The number of aliphatic hydroxyl groups is 1. The van der Waals surface area contributed by atoms with Crippen molar-refractivity contribution in [2.45, 2.75) is 31.4 Å². The molecular weight excluding hydrogens is 154 g/mol. The van der Waals surface area contributed by atoms with Crippen LogP contribution >= 0.6 is 0 Å². The van der Waals surface area contributed by atoms with Crippen molar-refractivity contribution in [3.8, 4) is 0 Å². The third kappa shape index (κ3) is 1.79. The van der Waals surface area contributed by atoms with E-state index in [4.69, 9.17) is 4.74 Å². The lowest BCUT2D eigenvalue weighted by Gasteiger charge is -2.30. The van der Waals surface area contributed by atoms with Gasteiger partial charge in [-0.05, 0) is 19.3 Å². The summed E-state index contributed by atoms with van der Waals surface area (Å²) in [6.07, 6.45) is 3.17. The van der Waals surface area contributed by atoms with Crippen molar-refractivity contribution in [3.05, 3.63) is 0 Å². The van der Waals surface area contributed by atoms with Crippen molar-refractivity contribution in [1.29, 1.82) is 0 Å². The first-order valence-corrected chi connectivity index (χ1v) is 4.86. The molecule has 0 saturated carbocycles. The molecule has 2 fully saturated rings. The molecule has 1 unspecified atom stereocenters. The Balaban J connectivity index is 1.83. The average molecular weight is 171 g/mol. The Morgan fingerprint density at radius 3 is 2.50 bits per heavy atom. The number of aliphatic hydroxyl groups excluding tert-OH is 1. The van der Waals surface area contributed by atoms with Crippen LogP contribution in [-0.2, 0) is 4.74 Å². The van der Waals surface area contributed by atoms with Crippen molar-refractivity contribution in [1.82, 2.24) is 4.90 Å². The van der Waals surface area contributed by atoms with Gasteiger partial charge in [-0.2, -0.15) is 0 Å². The van der Waals surface area contributed by atoms with Crippen LogP contribution in [0, 0.1) is 0 Å². The van der Waals surface area contributed by atoms with Crippen molar-refractivity contribution >= 4 is 0 Å². The van der Waals surface area contributed by atoms with Crippen LogP contribution < -0.4 is 0 Å². The predicted octanol–water partition coefficient (Wildman–Crippen LogP) is 0.232. The minimum Gasteiger partial charge on any atom is -0.392 e. The quantitative estimate of drug-likeness (QED) is 0.613. The van der Waals surface area contributed by atoms with Gasteiger partial charge in [0.05, 0.1) is 6.10 Å². The average Bonchev–Trinajstić information content (AvgIpc) is 2.54. The first kappa shape index (κ1) is 8.48. The van der Waals surface area contributed by atoms with E-state index in [-0.39, 0.29) is 6.10 Å². The monoisotopic (exact) mass is 171 g/mol. The van der Waals surface area contributed by atoms with E-state index in [1.165, 1.54) is 0 Å². The van der Waals surface area contributed by atoms with Gasteiger partial charge in [-0.1, -0.05) is 0 Å². The lowest BCUT2D eigenvalue weighted by Crippen LogP contribution is -2.38. The molecule has 1 atom stereocenters. The predicted molar refractivity (Wildman–Crippen MR) is 46.0 cm³/mol. The van der Waals surface area contributed by atoms with Crippen molar-refractivity contribution in [2.75, 3.05) is 26.3 Å². The molecule has 70 valence electrons. The number of hydrogen-bond acceptors (Lipinski definition) is 3. The highest BCUT2D eigenvalue weighted by molar-refractivity contribution is 4.82. The molecule has 2 rings (SSSR count). The third-order valence-electron chi connectivity index (χ3n) is 2.90. The topological polar surface area (TPSA) is 32.7 Å². The molecule has 0 aliphatic carbocycles. The van der Waals surface area contributed by atoms with Crippen LogP contribution in [0.4, 0.5) is 0 Å². The Kier molecular flexibility index (Phi) is 2.63. The highest BCUT2D eigenvalue weighted by atomic mass is 16.5. The molecule has 2 aliphatic heterocycles. The molecule has 0 aromatic carbocycles. The SMILES string of the molecule is OC1CCN(C2CCOCC2)C1. The van der Waals surface area contributed by atoms with Gasteiger partial charge in [-0.25, -0.2) is 0 Å². The van der Waals surface area contributed by atoms with E-state index in [9.17, 15) is 5.11 Å². The maximum atomic E-state index is 9.36. The van der Waals surface area contributed by atoms with Crippen LogP contribution in [0.2, 0.25) is 0 Å². The van der Waals surface area contributed by atoms with Crippen LogP contribution in [0.3, 0.4) is 0 Å². The minimum atomic E-state index is -0.0761. The zero-order valence-corrected chi connectivity index (χ0v) is 7.41. The summed E-state index contributed by atoms with van der Waals surface area (Å²) >= 11 is 0. The molecule has 0 radical (unpaired) electrons. The number of nitrogens with zero attached hydrogens (tertiary/aromatic N) is 1. The molecule has 0 aromatic heterocycles. The summed E-state index contributed by atoms with van der Waals surface area (Å²) < 4.78 is 5.30. The van der Waals surface area contributed by atoms with E-state index >= 15 is 0 Å². The normalized spacial score (nSPS) is 34.2. The number of ether oxygens (including phenoxy) is 1. The van der Waals surface area contributed by atoms with Gasteiger partial charge in [0, 0.05) is 32.3 Å². The lowest BCUT2D eigenvalue weighted by atomic mass is 10.1. The van der Waals surface area contributed by atoms with E-state index in [1.807, 2.05) is 0 Å². The van der Waals surface area contributed by atoms with Gasteiger partial charge in [-0.3, -0.25) is 4.90 Å². The van der Waals surface area contributed by atoms with Gasteiger partial charge in [0.2, 0.25) is 0 Å². The molecule has 0 spiro atoms. The fraction of sp³-hybridized carbons (Fsp3) is 1.00. The van der Waals surface area contributed by atoms with Crippen LogP contribution in [0.5, 0.6) is 0 Å². The van der Waals surface area contributed by atoms with E-state index in [1.54, 1.807) is 0 Å². The summed E-state index contributed by atoms with van der Waals surface area (Å²) in [5.74, 6) is 0. The molecule has 0 bridgehead atoms. The van der Waals surface area contributed by atoms with Crippen LogP contribution in [0.1, 0.15) is 19.3 Å². The molecule has 3 nitrogen and oxygen atoms in total. The Labute approximate surface area is 73.3 Å². The Bertz CT molecular complexity index is 143. The van der Waals surface area contributed by atoms with Crippen LogP contribution in [0.15, 0.2) is 0 Å². The zero-order valence-electron chi connectivity index (χ0n) is 7.41. The van der Waals surface area contributed by atoms with E-state index < -0.39 is 0 Å². The van der Waals surface area contributed by atoms with Crippen LogP contribution in [-0.4, -0.2) is 48.5 Å². The second kappa shape index (κ2) is 3.73. The first-order chi connectivity index (χ1) is 5.86. The maximum absolute atomic E-state index is 9.36. The maximum Gasteiger partial charge on any atom is 0.0679 e. The number of rotatable bonds is 1. The molecule has 2 saturated heterocycles. The molecule has 0 aromatic rings. The second-order valence-corrected chi connectivity index (χ2v) is 3.78. The summed E-state index contributed by atoms with van der Waals surface area (Å²) in [5.41, 5.74) is 0. The summed E-state index contributed by atoms with van der Waals surface area (Å²) in [7, 11) is 0. The standard InChI is InChI=1S/C9H17NO2/c11-9-1-4-10(7-9)8-2-5-12-6-3-8/h8-9,11H,1-7H2. The highest BCUT2D eigenvalue weighted by Crippen LogP contribution is 2.19. The van der Waals surface area contributed by atoms with E-state index in [0.717, 1.165) is 45.6 Å². The summed E-state index contributed by atoms with van der Waals surface area (Å²) in [6.45, 7) is 3.75. The van der Waals surface area contributed by atoms with Gasteiger partial charge < -0.3 is 9.84 Å². The second-order valence-electron chi connectivity index (χ2n) is 3.78. The number of hydrogen-bond donors (Lipinski definition) is 1. The van der Waals surface area contributed by atoms with E-state index in [0.29, 0.717) is 6.04 Å².